The molecule has 1 aliphatic carbocycles. The minimum atomic E-state index is -0.0404. The highest BCUT2D eigenvalue weighted by molar-refractivity contribution is 5.76. The summed E-state index contributed by atoms with van der Waals surface area (Å²) in [5.74, 6) is 1.42. The fourth-order valence-corrected chi connectivity index (χ4v) is 2.34. The molecule has 0 radical (unpaired) electrons. The number of hydrogen-bond acceptors (Lipinski definition) is 2. The Morgan fingerprint density at radius 3 is 2.73 bits per heavy atom. The van der Waals surface area contributed by atoms with Gasteiger partial charge in [-0.05, 0) is 25.2 Å². The summed E-state index contributed by atoms with van der Waals surface area (Å²) in [6.07, 6.45) is 4.09. The van der Waals surface area contributed by atoms with Gasteiger partial charge in [-0.25, -0.2) is 0 Å². The van der Waals surface area contributed by atoms with Gasteiger partial charge in [0.15, 0.2) is 0 Å². The van der Waals surface area contributed by atoms with Crippen LogP contribution in [0.3, 0.4) is 0 Å². The average molecular weight is 212 g/mol. The van der Waals surface area contributed by atoms with E-state index < -0.39 is 0 Å². The van der Waals surface area contributed by atoms with Crippen LogP contribution in [-0.2, 0) is 4.79 Å². The Morgan fingerprint density at radius 1 is 1.47 bits per heavy atom. The molecule has 1 amide bonds. The minimum Gasteiger partial charge on any atom is -0.353 e. The molecule has 0 aliphatic heterocycles. The minimum absolute atomic E-state index is 0.0404. The third-order valence-electron chi connectivity index (χ3n) is 3.56. The third-order valence-corrected chi connectivity index (χ3v) is 3.56. The van der Waals surface area contributed by atoms with Gasteiger partial charge in [0.1, 0.15) is 0 Å². The molecule has 15 heavy (non-hydrogen) atoms. The second kappa shape index (κ2) is 5.50. The highest BCUT2D eigenvalue weighted by Gasteiger charge is 2.27. The van der Waals surface area contributed by atoms with Crippen LogP contribution >= 0.6 is 0 Å². The van der Waals surface area contributed by atoms with Crippen molar-refractivity contribution in [1.82, 2.24) is 5.32 Å². The molecule has 3 nitrogen and oxygen atoms in total. The zero-order valence-corrected chi connectivity index (χ0v) is 10.1. The molecule has 88 valence electrons. The van der Waals surface area contributed by atoms with Gasteiger partial charge in [-0.2, -0.15) is 0 Å². The van der Waals surface area contributed by atoms with E-state index in [9.17, 15) is 4.79 Å². The van der Waals surface area contributed by atoms with E-state index in [0.717, 1.165) is 12.3 Å². The molecule has 1 rings (SSSR count). The maximum Gasteiger partial charge on any atom is 0.221 e. The summed E-state index contributed by atoms with van der Waals surface area (Å²) in [7, 11) is 0. The molecule has 4 atom stereocenters. The van der Waals surface area contributed by atoms with Gasteiger partial charge in [0.25, 0.3) is 0 Å². The fraction of sp³-hybridized carbons (Fsp3) is 0.917. The largest absolute Gasteiger partial charge is 0.353 e. The van der Waals surface area contributed by atoms with E-state index in [1.165, 1.54) is 12.8 Å². The van der Waals surface area contributed by atoms with Crippen molar-refractivity contribution in [2.75, 3.05) is 0 Å². The molecule has 3 heteroatoms. The molecule has 4 unspecified atom stereocenters. The molecule has 0 aromatic rings. The summed E-state index contributed by atoms with van der Waals surface area (Å²) in [4.78, 5) is 11.6. The normalized spacial score (nSPS) is 33.5. The van der Waals surface area contributed by atoms with Crippen LogP contribution in [0.2, 0.25) is 0 Å². The first-order valence-electron chi connectivity index (χ1n) is 6.05. The van der Waals surface area contributed by atoms with Crippen molar-refractivity contribution in [3.8, 4) is 0 Å². The molecule has 3 N–H and O–H groups in total. The summed E-state index contributed by atoms with van der Waals surface area (Å²) in [6.45, 7) is 6.38. The van der Waals surface area contributed by atoms with E-state index in [-0.39, 0.29) is 11.9 Å². The van der Waals surface area contributed by atoms with Gasteiger partial charge in [0.05, 0.1) is 0 Å². The number of carbonyl (C=O) groups is 1. The van der Waals surface area contributed by atoms with E-state index in [0.29, 0.717) is 18.4 Å². The quantitative estimate of drug-likeness (QED) is 0.747. The maximum atomic E-state index is 11.6. The summed E-state index contributed by atoms with van der Waals surface area (Å²) in [5.41, 5.74) is 5.60. The van der Waals surface area contributed by atoms with Gasteiger partial charge in [-0.3, -0.25) is 4.79 Å². The Balaban J connectivity index is 2.39. The van der Waals surface area contributed by atoms with E-state index in [2.05, 4.69) is 19.2 Å². The van der Waals surface area contributed by atoms with Crippen LogP contribution in [0, 0.1) is 11.8 Å². The smallest absolute Gasteiger partial charge is 0.221 e. The van der Waals surface area contributed by atoms with Crippen molar-refractivity contribution >= 4 is 5.91 Å². The number of nitrogens with two attached hydrogens (primary N) is 1. The van der Waals surface area contributed by atoms with Crippen LogP contribution in [-0.4, -0.2) is 18.0 Å². The van der Waals surface area contributed by atoms with E-state index >= 15 is 0 Å². The van der Waals surface area contributed by atoms with Crippen molar-refractivity contribution in [3.63, 3.8) is 0 Å². The first-order chi connectivity index (χ1) is 7.00. The van der Waals surface area contributed by atoms with Crippen LogP contribution in [0.25, 0.3) is 0 Å². The summed E-state index contributed by atoms with van der Waals surface area (Å²) >= 11 is 0. The van der Waals surface area contributed by atoms with Crippen molar-refractivity contribution in [3.05, 3.63) is 0 Å². The molecule has 0 heterocycles. The third kappa shape index (κ3) is 3.82. The first-order valence-corrected chi connectivity index (χ1v) is 6.05. The second-order valence-electron chi connectivity index (χ2n) is 5.12. The molecule has 0 aromatic carbocycles. The van der Waals surface area contributed by atoms with Crippen molar-refractivity contribution in [2.24, 2.45) is 17.6 Å². The number of nitrogens with one attached hydrogen (secondary N) is 1. The molecule has 0 bridgehead atoms. The molecular weight excluding hydrogens is 188 g/mol. The molecule has 0 saturated heterocycles. The summed E-state index contributed by atoms with van der Waals surface area (Å²) < 4.78 is 0. The number of amides is 1. The monoisotopic (exact) mass is 212 g/mol. The fourth-order valence-electron chi connectivity index (χ4n) is 2.34. The Kier molecular flexibility index (Phi) is 4.58. The van der Waals surface area contributed by atoms with Gasteiger partial charge in [0.2, 0.25) is 5.91 Å². The predicted molar refractivity (Wildman–Crippen MR) is 62.4 cm³/mol. The molecular formula is C12H24N2O. The lowest BCUT2D eigenvalue weighted by atomic mass is 9.78. The van der Waals surface area contributed by atoms with Crippen LogP contribution in [0.5, 0.6) is 0 Å². The summed E-state index contributed by atoms with van der Waals surface area (Å²) in [5, 5.41) is 3.11. The zero-order valence-electron chi connectivity index (χ0n) is 10.1. The number of carbonyl (C=O) groups excluding carboxylic acids is 1. The Morgan fingerprint density at radius 2 is 2.13 bits per heavy atom. The van der Waals surface area contributed by atoms with Crippen molar-refractivity contribution in [2.45, 2.75) is 58.5 Å². The topological polar surface area (TPSA) is 55.1 Å². The molecule has 1 fully saturated rings. The highest BCUT2D eigenvalue weighted by Crippen LogP contribution is 2.29. The van der Waals surface area contributed by atoms with Gasteiger partial charge in [0, 0.05) is 18.5 Å². The van der Waals surface area contributed by atoms with Gasteiger partial charge in [-0.1, -0.05) is 26.7 Å². The zero-order chi connectivity index (χ0) is 11.4. The van der Waals surface area contributed by atoms with Gasteiger partial charge in [-0.15, -0.1) is 0 Å². The summed E-state index contributed by atoms with van der Waals surface area (Å²) in [6, 6.07) is 0.321. The van der Waals surface area contributed by atoms with Gasteiger partial charge >= 0.3 is 0 Å². The van der Waals surface area contributed by atoms with Crippen LogP contribution in [0.1, 0.15) is 46.5 Å². The maximum absolute atomic E-state index is 11.6. The molecule has 1 saturated carbocycles. The van der Waals surface area contributed by atoms with E-state index in [4.69, 9.17) is 5.73 Å². The number of rotatable bonds is 3. The predicted octanol–water partition coefficient (Wildman–Crippen LogP) is 1.66. The molecule has 0 spiro atoms. The Labute approximate surface area is 92.8 Å². The standard InChI is InChI=1S/C12H24N2O/c1-8-5-4-6-11(10(8)3)14-12(15)7-9(2)13/h8-11H,4-7,13H2,1-3H3,(H,14,15). The SMILES string of the molecule is CC(N)CC(=O)NC1CCCC(C)C1C. The average Bonchev–Trinajstić information content (AvgIpc) is 2.11. The lowest BCUT2D eigenvalue weighted by molar-refractivity contribution is -0.122. The van der Waals surface area contributed by atoms with Crippen molar-refractivity contribution in [1.29, 1.82) is 0 Å². The number of hydrogen-bond donors (Lipinski definition) is 2. The lowest BCUT2D eigenvalue weighted by Crippen LogP contribution is -2.44. The lowest BCUT2D eigenvalue weighted by Gasteiger charge is -2.34. The van der Waals surface area contributed by atoms with Crippen LogP contribution < -0.4 is 11.1 Å². The molecule has 1 aliphatic rings. The van der Waals surface area contributed by atoms with Crippen LogP contribution in [0.15, 0.2) is 0 Å². The first kappa shape index (κ1) is 12.5. The second-order valence-corrected chi connectivity index (χ2v) is 5.12. The van der Waals surface area contributed by atoms with E-state index in [1.807, 2.05) is 6.92 Å². The Hall–Kier alpha value is -0.570. The van der Waals surface area contributed by atoms with E-state index in [1.54, 1.807) is 0 Å². The Bertz CT molecular complexity index is 216. The molecule has 0 aromatic heterocycles. The highest BCUT2D eigenvalue weighted by atomic mass is 16.1. The van der Waals surface area contributed by atoms with Crippen LogP contribution in [0.4, 0.5) is 0 Å². The van der Waals surface area contributed by atoms with Gasteiger partial charge < -0.3 is 11.1 Å². The van der Waals surface area contributed by atoms with Crippen molar-refractivity contribution < 1.29 is 4.79 Å².